The van der Waals surface area contributed by atoms with Crippen LogP contribution in [0.3, 0.4) is 0 Å². The first-order valence-corrected chi connectivity index (χ1v) is 6.86. The Balaban J connectivity index is 2.77. The van der Waals surface area contributed by atoms with E-state index in [1.165, 1.54) is 0 Å². The molecular formula is C9H15ClN2O2S. The van der Waals surface area contributed by atoms with Gasteiger partial charge in [-0.2, -0.15) is 0 Å². The zero-order chi connectivity index (χ0) is 11.5. The van der Waals surface area contributed by atoms with Crippen molar-refractivity contribution in [1.82, 2.24) is 4.68 Å². The van der Waals surface area contributed by atoms with Gasteiger partial charge < -0.3 is 0 Å². The Hall–Kier alpha value is -0.680. The molecule has 1 aromatic heterocycles. The minimum Gasteiger partial charge on any atom is -0.256 e. The largest absolute Gasteiger partial charge is 0.256 e. The molecule has 4 nitrogen and oxygen atoms in total. The van der Waals surface area contributed by atoms with Gasteiger partial charge in [0, 0.05) is 17.3 Å². The van der Waals surface area contributed by atoms with Crippen molar-refractivity contribution < 1.29 is 8.42 Å². The predicted molar refractivity (Wildman–Crippen MR) is 62.4 cm³/mol. The Morgan fingerprint density at radius 2 is 1.87 bits per heavy atom. The number of alkyl halides is 1. The van der Waals surface area contributed by atoms with E-state index in [1.54, 1.807) is 4.68 Å². The van der Waals surface area contributed by atoms with Gasteiger partial charge in [0.05, 0.1) is 5.75 Å². The summed E-state index contributed by atoms with van der Waals surface area (Å²) < 4.78 is 24.7. The highest BCUT2D eigenvalue weighted by Crippen LogP contribution is 2.06. The quantitative estimate of drug-likeness (QED) is 0.808. The van der Waals surface area contributed by atoms with Crippen molar-refractivity contribution in [3.8, 4) is 0 Å². The molecule has 15 heavy (non-hydrogen) atoms. The van der Waals surface area contributed by atoms with Crippen LogP contribution in [0.4, 0.5) is 0 Å². The van der Waals surface area contributed by atoms with Crippen LogP contribution in [0.1, 0.15) is 17.8 Å². The lowest BCUT2D eigenvalue weighted by atomic mass is 10.5. The molecule has 0 bridgehead atoms. The van der Waals surface area contributed by atoms with Crippen molar-refractivity contribution >= 4 is 21.6 Å². The van der Waals surface area contributed by atoms with Crippen LogP contribution in [0.15, 0.2) is 12.1 Å². The van der Waals surface area contributed by atoms with Gasteiger partial charge in [0.25, 0.3) is 0 Å². The summed E-state index contributed by atoms with van der Waals surface area (Å²) in [4.78, 5) is 2.50. The minimum absolute atomic E-state index is 0.0492. The topological polar surface area (TPSA) is 51.1 Å². The summed E-state index contributed by atoms with van der Waals surface area (Å²) in [5.74, 6) is 0.401. The molecule has 86 valence electrons. The first kappa shape index (κ1) is 12.4. The second-order valence-electron chi connectivity index (χ2n) is 3.40. The van der Waals surface area contributed by atoms with Crippen molar-refractivity contribution in [2.45, 2.75) is 20.3 Å². The lowest BCUT2D eigenvalue weighted by Gasteiger charge is -2.12. The summed E-state index contributed by atoms with van der Waals surface area (Å²) in [6.45, 7) is 3.69. The lowest BCUT2D eigenvalue weighted by Crippen LogP contribution is -2.27. The number of rotatable bonds is 5. The Bertz CT molecular complexity index is 406. The SMILES string of the molecule is Cc1ccc(C)n1NS(=O)(=O)CCCCl. The molecule has 0 aliphatic rings. The molecule has 0 atom stereocenters. The molecule has 0 radical (unpaired) electrons. The molecule has 0 spiro atoms. The monoisotopic (exact) mass is 250 g/mol. The maximum Gasteiger partial charge on any atom is 0.246 e. The number of aromatic nitrogens is 1. The Labute approximate surface area is 95.3 Å². The molecule has 6 heteroatoms. The maximum atomic E-state index is 11.6. The fraction of sp³-hybridized carbons (Fsp3) is 0.556. The third-order valence-corrected chi connectivity index (χ3v) is 3.60. The van der Waals surface area contributed by atoms with E-state index in [0.29, 0.717) is 12.3 Å². The van der Waals surface area contributed by atoms with E-state index in [4.69, 9.17) is 11.6 Å². The smallest absolute Gasteiger partial charge is 0.246 e. The van der Waals surface area contributed by atoms with Crippen LogP contribution < -0.4 is 4.83 Å². The van der Waals surface area contributed by atoms with Gasteiger partial charge in [-0.15, -0.1) is 11.6 Å². The van der Waals surface area contributed by atoms with Gasteiger partial charge in [0.2, 0.25) is 10.0 Å². The van der Waals surface area contributed by atoms with Gasteiger partial charge in [0.1, 0.15) is 0 Å². The first-order chi connectivity index (χ1) is 6.96. The van der Waals surface area contributed by atoms with Gasteiger partial charge in [0.15, 0.2) is 0 Å². The van der Waals surface area contributed by atoms with Crippen molar-refractivity contribution in [2.75, 3.05) is 16.5 Å². The summed E-state index contributed by atoms with van der Waals surface area (Å²) in [5, 5.41) is 0. The molecule has 0 aliphatic carbocycles. The van der Waals surface area contributed by atoms with Gasteiger partial charge in [-0.1, -0.05) is 0 Å². The molecule has 1 aromatic rings. The lowest BCUT2D eigenvalue weighted by molar-refractivity contribution is 0.593. The van der Waals surface area contributed by atoms with Crippen LogP contribution in [0.2, 0.25) is 0 Å². The highest BCUT2D eigenvalue weighted by molar-refractivity contribution is 7.92. The summed E-state index contributed by atoms with van der Waals surface area (Å²) >= 11 is 5.45. The molecular weight excluding hydrogens is 236 g/mol. The average Bonchev–Trinajstić information content (AvgIpc) is 2.46. The minimum atomic E-state index is -3.28. The Kier molecular flexibility index (Phi) is 4.04. The zero-order valence-electron chi connectivity index (χ0n) is 8.83. The van der Waals surface area contributed by atoms with Crippen molar-refractivity contribution in [3.05, 3.63) is 23.5 Å². The number of hydrogen-bond donors (Lipinski definition) is 1. The zero-order valence-corrected chi connectivity index (χ0v) is 10.4. The van der Waals surface area contributed by atoms with E-state index < -0.39 is 10.0 Å². The van der Waals surface area contributed by atoms with Crippen molar-refractivity contribution in [1.29, 1.82) is 0 Å². The molecule has 0 saturated heterocycles. The average molecular weight is 251 g/mol. The predicted octanol–water partition coefficient (Wildman–Crippen LogP) is 1.61. The van der Waals surface area contributed by atoms with E-state index >= 15 is 0 Å². The summed E-state index contributed by atoms with van der Waals surface area (Å²) in [6, 6.07) is 3.72. The number of hydrogen-bond acceptors (Lipinski definition) is 2. The summed E-state index contributed by atoms with van der Waals surface area (Å²) in [7, 11) is -3.28. The molecule has 1 heterocycles. The van der Waals surface area contributed by atoms with E-state index in [1.807, 2.05) is 26.0 Å². The van der Waals surface area contributed by atoms with E-state index in [9.17, 15) is 8.42 Å². The molecule has 1 rings (SSSR count). The van der Waals surface area contributed by atoms with Crippen LogP contribution in [0.25, 0.3) is 0 Å². The molecule has 0 aromatic carbocycles. The van der Waals surface area contributed by atoms with E-state index in [0.717, 1.165) is 11.4 Å². The highest BCUT2D eigenvalue weighted by Gasteiger charge is 2.11. The summed E-state index contributed by atoms with van der Waals surface area (Å²) in [6.07, 6.45) is 0.455. The molecule has 0 aliphatic heterocycles. The number of aryl methyl sites for hydroxylation is 2. The van der Waals surface area contributed by atoms with Crippen molar-refractivity contribution in [2.24, 2.45) is 0 Å². The Morgan fingerprint density at radius 1 is 1.33 bits per heavy atom. The third-order valence-electron chi connectivity index (χ3n) is 2.05. The number of halogens is 1. The number of nitrogens with one attached hydrogen (secondary N) is 1. The first-order valence-electron chi connectivity index (χ1n) is 4.67. The van der Waals surface area contributed by atoms with Crippen LogP contribution in [-0.2, 0) is 10.0 Å². The van der Waals surface area contributed by atoms with Crippen LogP contribution in [0, 0.1) is 13.8 Å². The third kappa shape index (κ3) is 3.43. The van der Waals surface area contributed by atoms with Gasteiger partial charge >= 0.3 is 0 Å². The number of sulfonamides is 1. The Morgan fingerprint density at radius 3 is 2.33 bits per heavy atom. The van der Waals surface area contributed by atoms with E-state index in [2.05, 4.69) is 4.83 Å². The molecule has 0 fully saturated rings. The number of nitrogens with zero attached hydrogens (tertiary/aromatic N) is 1. The highest BCUT2D eigenvalue weighted by atomic mass is 35.5. The van der Waals surface area contributed by atoms with Crippen LogP contribution in [-0.4, -0.2) is 24.7 Å². The van der Waals surface area contributed by atoms with Crippen molar-refractivity contribution in [3.63, 3.8) is 0 Å². The van der Waals surface area contributed by atoms with Crippen LogP contribution >= 0.6 is 11.6 Å². The molecule has 1 N–H and O–H groups in total. The molecule has 0 amide bonds. The van der Waals surface area contributed by atoms with Gasteiger partial charge in [-0.3, -0.25) is 4.68 Å². The second-order valence-corrected chi connectivity index (χ2v) is 5.60. The second kappa shape index (κ2) is 4.90. The fourth-order valence-corrected chi connectivity index (χ4v) is 2.72. The van der Waals surface area contributed by atoms with E-state index in [-0.39, 0.29) is 5.75 Å². The normalized spacial score (nSPS) is 11.7. The van der Waals surface area contributed by atoms with Crippen LogP contribution in [0.5, 0.6) is 0 Å². The fourth-order valence-electron chi connectivity index (χ4n) is 1.24. The standard InChI is InChI=1S/C9H15ClN2O2S/c1-8-4-5-9(2)12(8)11-15(13,14)7-3-6-10/h4-5,11H,3,6-7H2,1-2H3. The molecule has 0 unspecified atom stereocenters. The van der Waals surface area contributed by atoms with Gasteiger partial charge in [-0.25, -0.2) is 13.2 Å². The van der Waals surface area contributed by atoms with Gasteiger partial charge in [-0.05, 0) is 32.4 Å². The molecule has 0 saturated carbocycles. The maximum absolute atomic E-state index is 11.6. The summed E-state index contributed by atoms with van der Waals surface area (Å²) in [5.41, 5.74) is 1.73.